The van der Waals surface area contributed by atoms with E-state index in [4.69, 9.17) is 5.11 Å². The summed E-state index contributed by atoms with van der Waals surface area (Å²) in [6.07, 6.45) is 2.48. The second kappa shape index (κ2) is 7.02. The Morgan fingerprint density at radius 1 is 1.43 bits per heavy atom. The maximum Gasteiger partial charge on any atom is 0.306 e. The lowest BCUT2D eigenvalue weighted by atomic mass is 10.0. The molecule has 1 aliphatic rings. The van der Waals surface area contributed by atoms with E-state index in [1.54, 1.807) is 11.3 Å². The molecule has 1 heterocycles. The topological polar surface area (TPSA) is 79.3 Å². The standard InChI is InChI=1S/C15H22N2O3S/c1-9(2)14-17-12(8-21-14)5-6-16-13(18)10-3-4-11(7-10)15(19)20/h8-11H,3-7H2,1-2H3,(H,16,18)(H,19,20)/t10-,11+/m1/s1. The first-order valence-electron chi connectivity index (χ1n) is 7.42. The van der Waals surface area contributed by atoms with Gasteiger partial charge in [-0.25, -0.2) is 4.98 Å². The van der Waals surface area contributed by atoms with Crippen molar-refractivity contribution in [3.05, 3.63) is 16.1 Å². The third-order valence-corrected chi connectivity index (χ3v) is 5.09. The number of aromatic nitrogens is 1. The van der Waals surface area contributed by atoms with Crippen LogP contribution >= 0.6 is 11.3 Å². The molecule has 0 aliphatic heterocycles. The summed E-state index contributed by atoms with van der Waals surface area (Å²) in [6, 6.07) is 0. The van der Waals surface area contributed by atoms with Crippen LogP contribution in [0.15, 0.2) is 5.38 Å². The number of carboxylic acid groups (broad SMARTS) is 1. The van der Waals surface area contributed by atoms with Crippen LogP contribution in [0.4, 0.5) is 0 Å². The molecule has 0 aromatic carbocycles. The van der Waals surface area contributed by atoms with Crippen molar-refractivity contribution in [1.82, 2.24) is 10.3 Å². The summed E-state index contributed by atoms with van der Waals surface area (Å²) in [5.74, 6) is -0.863. The molecule has 0 bridgehead atoms. The summed E-state index contributed by atoms with van der Waals surface area (Å²) < 4.78 is 0. The minimum Gasteiger partial charge on any atom is -0.481 e. The number of rotatable bonds is 6. The molecule has 6 heteroatoms. The molecule has 1 aliphatic carbocycles. The highest BCUT2D eigenvalue weighted by molar-refractivity contribution is 7.09. The molecule has 1 amide bonds. The Kier molecular flexibility index (Phi) is 5.33. The van der Waals surface area contributed by atoms with Gasteiger partial charge in [-0.2, -0.15) is 0 Å². The molecule has 116 valence electrons. The van der Waals surface area contributed by atoms with Crippen molar-refractivity contribution in [2.75, 3.05) is 6.54 Å². The lowest BCUT2D eigenvalue weighted by Gasteiger charge is -2.10. The molecule has 0 unspecified atom stereocenters. The molecule has 1 saturated carbocycles. The number of hydrogen-bond donors (Lipinski definition) is 2. The van der Waals surface area contributed by atoms with Gasteiger partial charge in [0.05, 0.1) is 16.6 Å². The number of amides is 1. The normalized spacial score (nSPS) is 21.7. The molecule has 5 nitrogen and oxygen atoms in total. The molecule has 1 fully saturated rings. The van der Waals surface area contributed by atoms with Crippen molar-refractivity contribution in [3.8, 4) is 0 Å². The van der Waals surface area contributed by atoms with Crippen LogP contribution in [0.25, 0.3) is 0 Å². The van der Waals surface area contributed by atoms with E-state index in [1.165, 1.54) is 0 Å². The van der Waals surface area contributed by atoms with E-state index in [9.17, 15) is 9.59 Å². The van der Waals surface area contributed by atoms with Gasteiger partial charge >= 0.3 is 5.97 Å². The van der Waals surface area contributed by atoms with Gasteiger partial charge in [0.1, 0.15) is 0 Å². The number of nitrogens with one attached hydrogen (secondary N) is 1. The van der Waals surface area contributed by atoms with Crippen LogP contribution in [0, 0.1) is 11.8 Å². The van der Waals surface area contributed by atoms with Gasteiger partial charge in [-0.1, -0.05) is 13.8 Å². The number of carboxylic acids is 1. The zero-order valence-corrected chi connectivity index (χ0v) is 13.3. The fourth-order valence-corrected chi connectivity index (χ4v) is 3.47. The Morgan fingerprint density at radius 2 is 2.14 bits per heavy atom. The van der Waals surface area contributed by atoms with Gasteiger partial charge in [-0.05, 0) is 19.3 Å². The quantitative estimate of drug-likeness (QED) is 0.845. The molecule has 2 rings (SSSR count). The monoisotopic (exact) mass is 310 g/mol. The number of hydrogen-bond acceptors (Lipinski definition) is 4. The smallest absolute Gasteiger partial charge is 0.306 e. The Hall–Kier alpha value is -1.43. The third kappa shape index (κ3) is 4.27. The highest BCUT2D eigenvalue weighted by Crippen LogP contribution is 2.31. The van der Waals surface area contributed by atoms with E-state index in [-0.39, 0.29) is 17.7 Å². The van der Waals surface area contributed by atoms with Crippen LogP contribution in [0.2, 0.25) is 0 Å². The second-order valence-corrected chi connectivity index (χ2v) is 6.81. The van der Waals surface area contributed by atoms with Crippen molar-refractivity contribution in [1.29, 1.82) is 0 Å². The fourth-order valence-electron chi connectivity index (χ4n) is 2.60. The first kappa shape index (κ1) is 15.9. The van der Waals surface area contributed by atoms with Gasteiger partial charge in [0.25, 0.3) is 0 Å². The lowest BCUT2D eigenvalue weighted by Crippen LogP contribution is -2.31. The summed E-state index contributed by atoms with van der Waals surface area (Å²) in [6.45, 7) is 4.79. The van der Waals surface area contributed by atoms with E-state index in [0.29, 0.717) is 31.7 Å². The average molecular weight is 310 g/mol. The fraction of sp³-hybridized carbons (Fsp3) is 0.667. The molecule has 2 atom stereocenters. The van der Waals surface area contributed by atoms with Crippen molar-refractivity contribution < 1.29 is 14.7 Å². The van der Waals surface area contributed by atoms with Gasteiger partial charge in [-0.15, -0.1) is 11.3 Å². The number of carbonyl (C=O) groups excluding carboxylic acids is 1. The minimum absolute atomic E-state index is 0.0157. The maximum atomic E-state index is 12.0. The zero-order valence-electron chi connectivity index (χ0n) is 12.5. The Bertz CT molecular complexity index is 513. The van der Waals surface area contributed by atoms with Crippen molar-refractivity contribution in [2.24, 2.45) is 11.8 Å². The second-order valence-electron chi connectivity index (χ2n) is 5.92. The third-order valence-electron chi connectivity index (χ3n) is 3.90. The van der Waals surface area contributed by atoms with Crippen LogP contribution in [0.1, 0.15) is 49.7 Å². The van der Waals surface area contributed by atoms with Crippen molar-refractivity contribution in [3.63, 3.8) is 0 Å². The summed E-state index contributed by atoms with van der Waals surface area (Å²) in [4.78, 5) is 27.4. The highest BCUT2D eigenvalue weighted by Gasteiger charge is 2.33. The predicted octanol–water partition coefficient (Wildman–Crippen LogP) is 2.43. The Balaban J connectivity index is 1.73. The van der Waals surface area contributed by atoms with Gasteiger partial charge in [0.15, 0.2) is 0 Å². The first-order chi connectivity index (χ1) is 9.97. The van der Waals surface area contributed by atoms with E-state index < -0.39 is 5.97 Å². The van der Waals surface area contributed by atoms with Crippen LogP contribution in [0.3, 0.4) is 0 Å². The van der Waals surface area contributed by atoms with Gasteiger partial charge in [0, 0.05) is 30.2 Å². The van der Waals surface area contributed by atoms with Crippen LogP contribution in [-0.4, -0.2) is 28.5 Å². The van der Waals surface area contributed by atoms with E-state index >= 15 is 0 Å². The number of nitrogens with zero attached hydrogens (tertiary/aromatic N) is 1. The lowest BCUT2D eigenvalue weighted by molar-refractivity contribution is -0.141. The molecule has 0 saturated heterocycles. The average Bonchev–Trinajstić information content (AvgIpc) is 3.07. The van der Waals surface area contributed by atoms with Crippen molar-refractivity contribution in [2.45, 2.75) is 45.4 Å². The molecule has 2 N–H and O–H groups in total. The van der Waals surface area contributed by atoms with Crippen molar-refractivity contribution >= 4 is 23.2 Å². The Morgan fingerprint density at radius 3 is 2.71 bits per heavy atom. The SMILES string of the molecule is CC(C)c1nc(CCNC(=O)[C@@H]2CC[C@H](C(=O)O)C2)cs1. The van der Waals surface area contributed by atoms with Gasteiger partial charge < -0.3 is 10.4 Å². The number of aliphatic carboxylic acids is 1. The summed E-state index contributed by atoms with van der Waals surface area (Å²) in [5.41, 5.74) is 1.01. The first-order valence-corrected chi connectivity index (χ1v) is 8.30. The molecule has 1 aromatic heterocycles. The van der Waals surface area contributed by atoms with Crippen LogP contribution in [0.5, 0.6) is 0 Å². The molecular weight excluding hydrogens is 288 g/mol. The van der Waals surface area contributed by atoms with Crippen LogP contribution in [-0.2, 0) is 16.0 Å². The predicted molar refractivity (Wildman–Crippen MR) is 81.4 cm³/mol. The van der Waals surface area contributed by atoms with Gasteiger partial charge in [-0.3, -0.25) is 9.59 Å². The van der Waals surface area contributed by atoms with Crippen LogP contribution < -0.4 is 5.32 Å². The van der Waals surface area contributed by atoms with E-state index in [1.807, 2.05) is 5.38 Å². The number of carbonyl (C=O) groups is 2. The molecule has 0 radical (unpaired) electrons. The van der Waals surface area contributed by atoms with E-state index in [0.717, 1.165) is 17.1 Å². The Labute approximate surface area is 128 Å². The molecular formula is C15H22N2O3S. The minimum atomic E-state index is -0.783. The van der Waals surface area contributed by atoms with Gasteiger partial charge in [0.2, 0.25) is 5.91 Å². The summed E-state index contributed by atoms with van der Waals surface area (Å²) in [5, 5.41) is 15.0. The molecule has 21 heavy (non-hydrogen) atoms. The highest BCUT2D eigenvalue weighted by atomic mass is 32.1. The zero-order chi connectivity index (χ0) is 15.4. The molecule has 1 aromatic rings. The summed E-state index contributed by atoms with van der Waals surface area (Å²) >= 11 is 1.66. The van der Waals surface area contributed by atoms with E-state index in [2.05, 4.69) is 24.1 Å². The largest absolute Gasteiger partial charge is 0.481 e. The summed E-state index contributed by atoms with van der Waals surface area (Å²) in [7, 11) is 0. The molecule has 0 spiro atoms. The number of thiazole rings is 1. The maximum absolute atomic E-state index is 12.0.